The highest BCUT2D eigenvalue weighted by molar-refractivity contribution is 7.99. The van der Waals surface area contributed by atoms with Gasteiger partial charge in [-0.25, -0.2) is 4.68 Å². The zero-order chi connectivity index (χ0) is 23.8. The van der Waals surface area contributed by atoms with Crippen LogP contribution in [-0.2, 0) is 12.0 Å². The molecule has 0 saturated heterocycles. The van der Waals surface area contributed by atoms with E-state index in [-0.39, 0.29) is 23.6 Å². The van der Waals surface area contributed by atoms with Crippen LogP contribution in [0.25, 0.3) is 0 Å². The number of aromatic nitrogens is 2. The summed E-state index contributed by atoms with van der Waals surface area (Å²) >= 11 is 1.88. The molecule has 0 fully saturated rings. The van der Waals surface area contributed by atoms with E-state index in [4.69, 9.17) is 4.74 Å². The number of nitrogens with zero attached hydrogens (tertiary/aromatic N) is 2. The van der Waals surface area contributed by atoms with Crippen molar-refractivity contribution in [2.24, 2.45) is 0 Å². The van der Waals surface area contributed by atoms with Crippen LogP contribution in [-0.4, -0.2) is 33.7 Å². The highest BCUT2D eigenvalue weighted by Crippen LogP contribution is 2.46. The average Bonchev–Trinajstić information content (AvgIpc) is 3.22. The molecule has 0 N–H and O–H groups in total. The fourth-order valence-electron chi connectivity index (χ4n) is 4.56. The minimum Gasteiger partial charge on any atom is -0.469 e. The minimum absolute atomic E-state index is 0.0146. The molecule has 0 atom stereocenters. The van der Waals surface area contributed by atoms with Gasteiger partial charge in [0.1, 0.15) is 5.56 Å². The predicted octanol–water partition coefficient (Wildman–Crippen LogP) is 5.79. The number of carbonyl (C=O) groups is 2. The van der Waals surface area contributed by atoms with Gasteiger partial charge in [-0.2, -0.15) is 5.10 Å². The van der Waals surface area contributed by atoms with Gasteiger partial charge in [-0.1, -0.05) is 44.2 Å². The smallest absolute Gasteiger partial charge is 0.223 e. The lowest BCUT2D eigenvalue weighted by Crippen LogP contribution is -2.26. The van der Waals surface area contributed by atoms with Crippen LogP contribution in [0.15, 0.2) is 47.5 Å². The Morgan fingerprint density at radius 1 is 1.15 bits per heavy atom. The molecule has 5 nitrogen and oxygen atoms in total. The number of Topliss-reactive ketones (excluding diaryl/α,β-unsaturated/α-hetero) is 1. The molecule has 1 aliphatic rings. The van der Waals surface area contributed by atoms with Crippen LogP contribution in [0.5, 0.6) is 5.88 Å². The van der Waals surface area contributed by atoms with Gasteiger partial charge in [0.05, 0.1) is 6.20 Å². The van der Waals surface area contributed by atoms with Crippen molar-refractivity contribution < 1.29 is 14.3 Å². The second-order valence-corrected chi connectivity index (χ2v) is 10.2. The number of carbonyl (C=O) groups excluding carboxylic acids is 2. The van der Waals surface area contributed by atoms with E-state index in [0.717, 1.165) is 23.3 Å². The van der Waals surface area contributed by atoms with Gasteiger partial charge in [0.2, 0.25) is 5.88 Å². The van der Waals surface area contributed by atoms with E-state index < -0.39 is 0 Å². The summed E-state index contributed by atoms with van der Waals surface area (Å²) in [7, 11) is 0. The summed E-state index contributed by atoms with van der Waals surface area (Å²) < 4.78 is 7.54. The number of aryl methyl sites for hydroxylation is 2. The first kappa shape index (κ1) is 23.3. The molecule has 0 saturated carbocycles. The van der Waals surface area contributed by atoms with Crippen molar-refractivity contribution in [2.45, 2.75) is 57.9 Å². The van der Waals surface area contributed by atoms with Crippen molar-refractivity contribution in [1.82, 2.24) is 9.78 Å². The maximum Gasteiger partial charge on any atom is 0.223 e. The normalized spacial score (nSPS) is 14.6. The van der Waals surface area contributed by atoms with Gasteiger partial charge in [0, 0.05) is 22.6 Å². The van der Waals surface area contributed by atoms with Crippen molar-refractivity contribution in [3.63, 3.8) is 0 Å². The summed E-state index contributed by atoms with van der Waals surface area (Å²) in [5, 5.41) is 4.36. The van der Waals surface area contributed by atoms with Crippen LogP contribution in [0.1, 0.15) is 70.2 Å². The molecular weight excluding hydrogens is 432 g/mol. The molecule has 1 aromatic heterocycles. The molecule has 0 aliphatic carbocycles. The summed E-state index contributed by atoms with van der Waals surface area (Å²) in [6.07, 6.45) is 2.63. The van der Waals surface area contributed by atoms with Gasteiger partial charge in [0.25, 0.3) is 0 Å². The Morgan fingerprint density at radius 3 is 2.58 bits per heavy atom. The predicted molar refractivity (Wildman–Crippen MR) is 132 cm³/mol. The van der Waals surface area contributed by atoms with Gasteiger partial charge >= 0.3 is 0 Å². The summed E-state index contributed by atoms with van der Waals surface area (Å²) in [4.78, 5) is 27.6. The van der Waals surface area contributed by atoms with Crippen molar-refractivity contribution in [3.05, 3.63) is 76.0 Å². The highest BCUT2D eigenvalue weighted by Gasteiger charge is 2.33. The van der Waals surface area contributed by atoms with E-state index in [1.165, 1.54) is 10.5 Å². The standard InChI is InChI=1S/C27H30N2O3S/c1-6-29-26(32-16-22(30)19-10-8-7-9-11-19)21(15-28-29)24(31)20-14-17(2)25-23(18(20)3)27(4,5)12-13-33-25/h7-11,14-15H,6,12-13,16H2,1-5H3. The number of benzene rings is 2. The molecule has 0 bridgehead atoms. The second kappa shape index (κ2) is 9.18. The highest BCUT2D eigenvalue weighted by atomic mass is 32.2. The number of fused-ring (bicyclic) bond motifs is 1. The number of hydrogen-bond acceptors (Lipinski definition) is 5. The first-order chi connectivity index (χ1) is 15.7. The van der Waals surface area contributed by atoms with E-state index in [9.17, 15) is 9.59 Å². The van der Waals surface area contributed by atoms with Crippen molar-refractivity contribution in [3.8, 4) is 5.88 Å². The van der Waals surface area contributed by atoms with Crippen LogP contribution >= 0.6 is 11.8 Å². The molecular formula is C27H30N2O3S. The molecule has 4 rings (SSSR count). The fraction of sp³-hybridized carbons (Fsp3) is 0.370. The van der Waals surface area contributed by atoms with Gasteiger partial charge < -0.3 is 4.74 Å². The average molecular weight is 463 g/mol. The Hall–Kier alpha value is -2.86. The third-order valence-corrected chi connectivity index (χ3v) is 7.61. The molecule has 3 aromatic rings. The maximum atomic E-state index is 13.8. The number of ketones is 2. The van der Waals surface area contributed by atoms with Crippen LogP contribution in [0.3, 0.4) is 0 Å². The van der Waals surface area contributed by atoms with Gasteiger partial charge in [-0.05, 0) is 61.1 Å². The molecule has 0 amide bonds. The van der Waals surface area contributed by atoms with Gasteiger partial charge in [-0.3, -0.25) is 9.59 Å². The zero-order valence-electron chi connectivity index (χ0n) is 19.9. The molecule has 2 heterocycles. The van der Waals surface area contributed by atoms with Crippen LogP contribution in [0, 0.1) is 13.8 Å². The first-order valence-electron chi connectivity index (χ1n) is 11.3. The Balaban J connectivity index is 1.69. The van der Waals surface area contributed by atoms with Crippen molar-refractivity contribution >= 4 is 23.3 Å². The van der Waals surface area contributed by atoms with E-state index in [1.807, 2.05) is 49.9 Å². The Morgan fingerprint density at radius 2 is 1.88 bits per heavy atom. The van der Waals surface area contributed by atoms with Crippen LogP contribution in [0.4, 0.5) is 0 Å². The number of thioether (sulfide) groups is 1. The van der Waals surface area contributed by atoms with Crippen LogP contribution < -0.4 is 4.74 Å². The largest absolute Gasteiger partial charge is 0.469 e. The molecule has 2 aromatic carbocycles. The van der Waals surface area contributed by atoms with E-state index in [1.54, 1.807) is 23.0 Å². The maximum absolute atomic E-state index is 13.8. The summed E-state index contributed by atoms with van der Waals surface area (Å²) in [5.74, 6) is 1.17. The first-order valence-corrected chi connectivity index (χ1v) is 12.3. The molecule has 0 radical (unpaired) electrons. The topological polar surface area (TPSA) is 61.2 Å². The SMILES string of the molecule is CCn1ncc(C(=O)c2cc(C)c3c(c2C)C(C)(C)CCS3)c1OCC(=O)c1ccccc1. The Labute approximate surface area is 199 Å². The molecule has 0 spiro atoms. The number of hydrogen-bond donors (Lipinski definition) is 0. The molecule has 172 valence electrons. The van der Waals surface area contributed by atoms with E-state index >= 15 is 0 Å². The number of ether oxygens (including phenoxy) is 1. The van der Waals surface area contributed by atoms with E-state index in [2.05, 4.69) is 25.9 Å². The lowest BCUT2D eigenvalue weighted by atomic mass is 9.77. The second-order valence-electron chi connectivity index (χ2n) is 9.14. The molecule has 1 aliphatic heterocycles. The lowest BCUT2D eigenvalue weighted by Gasteiger charge is -2.35. The Bertz CT molecular complexity index is 1210. The summed E-state index contributed by atoms with van der Waals surface area (Å²) in [5.41, 5.74) is 5.08. The summed E-state index contributed by atoms with van der Waals surface area (Å²) in [6, 6.07) is 11.0. The molecule has 33 heavy (non-hydrogen) atoms. The quantitative estimate of drug-likeness (QED) is 0.416. The monoisotopic (exact) mass is 462 g/mol. The Kier molecular flexibility index (Phi) is 6.48. The van der Waals surface area contributed by atoms with Crippen LogP contribution in [0.2, 0.25) is 0 Å². The third-order valence-electron chi connectivity index (χ3n) is 6.39. The lowest BCUT2D eigenvalue weighted by molar-refractivity contribution is 0.0907. The number of rotatable bonds is 7. The van der Waals surface area contributed by atoms with Crippen molar-refractivity contribution in [2.75, 3.05) is 12.4 Å². The van der Waals surface area contributed by atoms with Gasteiger partial charge in [0.15, 0.2) is 18.2 Å². The fourth-order valence-corrected chi connectivity index (χ4v) is 6.23. The molecule has 6 heteroatoms. The molecule has 0 unspecified atom stereocenters. The minimum atomic E-state index is -0.151. The van der Waals surface area contributed by atoms with Gasteiger partial charge in [-0.15, -0.1) is 11.8 Å². The van der Waals surface area contributed by atoms with Crippen molar-refractivity contribution in [1.29, 1.82) is 0 Å². The van der Waals surface area contributed by atoms with E-state index in [0.29, 0.717) is 29.1 Å². The zero-order valence-corrected chi connectivity index (χ0v) is 20.7. The summed E-state index contributed by atoms with van der Waals surface area (Å²) in [6.45, 7) is 10.9. The third kappa shape index (κ3) is 4.36.